The van der Waals surface area contributed by atoms with Crippen LogP contribution in [0.3, 0.4) is 0 Å². The number of carboxylic acids is 1. The summed E-state index contributed by atoms with van der Waals surface area (Å²) in [6.45, 7) is 11.0. The Balaban J connectivity index is 0.960. The third-order valence-corrected chi connectivity index (χ3v) is 19.5. The van der Waals surface area contributed by atoms with E-state index in [-0.39, 0.29) is 45.9 Å². The Kier molecular flexibility index (Phi) is 7.96. The van der Waals surface area contributed by atoms with Crippen molar-refractivity contribution in [3.05, 3.63) is 23.3 Å². The first-order valence-corrected chi connectivity index (χ1v) is 21.3. The number of hydrogen-bond acceptors (Lipinski definition) is 5. The van der Waals surface area contributed by atoms with Gasteiger partial charge in [-0.3, -0.25) is 9.59 Å². The summed E-state index contributed by atoms with van der Waals surface area (Å²) in [7, 11) is -3.06. The normalized spacial score (nSPS) is 50.0. The van der Waals surface area contributed by atoms with Crippen molar-refractivity contribution in [2.45, 2.75) is 128 Å². The summed E-state index contributed by atoms with van der Waals surface area (Å²) in [5.41, 5.74) is 3.85. The molecule has 8 aliphatic rings. The van der Waals surface area contributed by atoms with Gasteiger partial charge in [0.1, 0.15) is 0 Å². The highest BCUT2D eigenvalue weighted by molar-refractivity contribution is 7.92. The first kappa shape index (κ1) is 33.5. The molecule has 0 aromatic rings. The largest absolute Gasteiger partial charge is 0.481 e. The van der Waals surface area contributed by atoms with Crippen molar-refractivity contribution in [2.75, 3.05) is 18.8 Å². The van der Waals surface area contributed by atoms with Crippen LogP contribution in [0.25, 0.3) is 0 Å². The molecule has 8 heteroatoms. The summed E-state index contributed by atoms with van der Waals surface area (Å²) in [4.78, 5) is 24.7. The Bertz CT molecular complexity index is 1540. The van der Waals surface area contributed by atoms with Crippen LogP contribution >= 0.6 is 0 Å². The van der Waals surface area contributed by atoms with Gasteiger partial charge in [0.25, 0.3) is 0 Å². The van der Waals surface area contributed by atoms with Crippen LogP contribution in [0.5, 0.6) is 0 Å². The van der Waals surface area contributed by atoms with Gasteiger partial charge < -0.3 is 15.7 Å². The van der Waals surface area contributed by atoms with E-state index in [1.807, 2.05) is 0 Å². The van der Waals surface area contributed by atoms with E-state index in [1.54, 1.807) is 0 Å². The van der Waals surface area contributed by atoms with E-state index in [1.165, 1.54) is 56.1 Å². The van der Waals surface area contributed by atoms with E-state index in [0.717, 1.165) is 38.5 Å². The van der Waals surface area contributed by atoms with Crippen molar-refractivity contribution in [2.24, 2.45) is 63.6 Å². The fraction of sp³-hybridized carbons (Fsp3) is 0.850. The molecule has 0 radical (unpaired) electrons. The molecule has 0 spiro atoms. The van der Waals surface area contributed by atoms with Gasteiger partial charge in [0, 0.05) is 12.1 Å². The van der Waals surface area contributed by atoms with Crippen LogP contribution in [0.2, 0.25) is 0 Å². The maximum atomic E-state index is 13.1. The molecule has 6 fully saturated rings. The molecule has 0 bridgehead atoms. The summed E-state index contributed by atoms with van der Waals surface area (Å²) in [6, 6.07) is 0. The molecule has 48 heavy (non-hydrogen) atoms. The second kappa shape index (κ2) is 11.4. The number of nitrogens with one attached hydrogen (secondary N) is 2. The third kappa shape index (κ3) is 4.90. The first-order chi connectivity index (χ1) is 22.7. The fourth-order valence-electron chi connectivity index (χ4n) is 14.3. The first-order valence-electron chi connectivity index (χ1n) is 19.6. The SMILES string of the molecule is CC1C(C2=CCC(C(=O)O)CC2)=CCC2(C)C1CCC1(C)C2CCC2C3CCCC3(NCC(=O)NCC3C4CC4CS3(=O)=O)CC[C@]21C. The topological polar surface area (TPSA) is 113 Å². The molecule has 1 aliphatic heterocycles. The minimum atomic E-state index is -3.06. The minimum absolute atomic E-state index is 0.0250. The molecule has 7 aliphatic carbocycles. The highest BCUT2D eigenvalue weighted by Gasteiger charge is 2.68. The number of carbonyl (C=O) groups is 2. The molecule has 8 rings (SSSR count). The Labute approximate surface area is 288 Å². The zero-order valence-electron chi connectivity index (χ0n) is 29.9. The zero-order valence-corrected chi connectivity index (χ0v) is 30.7. The average Bonchev–Trinajstić information content (AvgIpc) is 3.54. The van der Waals surface area contributed by atoms with Crippen LogP contribution in [0.15, 0.2) is 23.3 Å². The summed E-state index contributed by atoms with van der Waals surface area (Å²) in [5, 5.41) is 16.0. The van der Waals surface area contributed by atoms with Crippen molar-refractivity contribution in [3.8, 4) is 0 Å². The summed E-state index contributed by atoms with van der Waals surface area (Å²) < 4.78 is 25.0. The standard InChI is InChI=1S/C40H60N2O5S/c1-24-28(25-7-9-26(10-8-25)36(44)45)13-16-37(2)30(24)14-17-39(4)34(37)12-11-31-32-6-5-15-40(32,19-18-38(31,39)3)42-22-35(43)41-21-33-29-20-27(29)23-48(33,46)47/h7,13,24,26-27,29-34,42H,5-6,8-12,14-23H2,1-4H3,(H,41,43)(H,44,45)/t24?,26?,27?,29?,30?,31?,32?,33?,34?,37?,38-,39?,40?/m1/s1. The van der Waals surface area contributed by atoms with Crippen LogP contribution in [0, 0.1) is 63.6 Å². The highest BCUT2D eigenvalue weighted by atomic mass is 32.2. The van der Waals surface area contributed by atoms with Gasteiger partial charge in [-0.05, 0) is 152 Å². The highest BCUT2D eigenvalue weighted by Crippen LogP contribution is 2.75. The average molecular weight is 681 g/mol. The second-order valence-electron chi connectivity index (χ2n) is 18.8. The Morgan fingerprint density at radius 2 is 1.75 bits per heavy atom. The predicted octanol–water partition coefficient (Wildman–Crippen LogP) is 6.69. The van der Waals surface area contributed by atoms with Gasteiger partial charge in [-0.2, -0.15) is 0 Å². The molecule has 13 atom stereocenters. The van der Waals surface area contributed by atoms with Gasteiger partial charge in [-0.15, -0.1) is 0 Å². The molecule has 1 amide bonds. The van der Waals surface area contributed by atoms with Crippen molar-refractivity contribution in [3.63, 3.8) is 0 Å². The maximum absolute atomic E-state index is 13.1. The molecule has 5 saturated carbocycles. The van der Waals surface area contributed by atoms with Gasteiger partial charge in [0.2, 0.25) is 5.91 Å². The molecule has 3 N–H and O–H groups in total. The molecule has 266 valence electrons. The van der Waals surface area contributed by atoms with E-state index in [2.05, 4.69) is 50.5 Å². The maximum Gasteiger partial charge on any atom is 0.306 e. The van der Waals surface area contributed by atoms with Crippen LogP contribution < -0.4 is 10.6 Å². The minimum Gasteiger partial charge on any atom is -0.481 e. The van der Waals surface area contributed by atoms with E-state index < -0.39 is 15.8 Å². The summed E-state index contributed by atoms with van der Waals surface area (Å²) in [5.74, 6) is 3.16. The number of rotatable bonds is 7. The van der Waals surface area contributed by atoms with E-state index in [9.17, 15) is 23.1 Å². The molecule has 0 aromatic heterocycles. The Hall–Kier alpha value is -1.67. The van der Waals surface area contributed by atoms with Gasteiger partial charge >= 0.3 is 5.97 Å². The predicted molar refractivity (Wildman–Crippen MR) is 188 cm³/mol. The fourth-order valence-corrected chi connectivity index (χ4v) is 16.7. The molecular formula is C40H60N2O5S. The molecule has 0 aromatic carbocycles. The monoisotopic (exact) mass is 680 g/mol. The zero-order chi connectivity index (χ0) is 33.9. The Morgan fingerprint density at radius 1 is 0.938 bits per heavy atom. The van der Waals surface area contributed by atoms with Crippen molar-refractivity contribution >= 4 is 21.7 Å². The van der Waals surface area contributed by atoms with Gasteiger partial charge in [0.05, 0.1) is 23.5 Å². The van der Waals surface area contributed by atoms with E-state index in [4.69, 9.17) is 0 Å². The quantitative estimate of drug-likeness (QED) is 0.276. The summed E-state index contributed by atoms with van der Waals surface area (Å²) in [6.07, 6.45) is 20.5. The smallest absolute Gasteiger partial charge is 0.306 e. The lowest BCUT2D eigenvalue weighted by molar-refractivity contribution is -0.212. The number of hydrogen-bond donors (Lipinski definition) is 3. The van der Waals surface area contributed by atoms with Crippen LogP contribution in [-0.4, -0.2) is 55.0 Å². The van der Waals surface area contributed by atoms with Crippen molar-refractivity contribution in [1.29, 1.82) is 0 Å². The number of allylic oxidation sites excluding steroid dienone is 4. The number of fused-ring (bicyclic) bond motifs is 8. The van der Waals surface area contributed by atoms with E-state index in [0.29, 0.717) is 59.6 Å². The second-order valence-corrected chi connectivity index (χ2v) is 21.0. The lowest BCUT2D eigenvalue weighted by Gasteiger charge is -2.71. The molecule has 1 heterocycles. The molecular weight excluding hydrogens is 621 g/mol. The van der Waals surface area contributed by atoms with E-state index >= 15 is 0 Å². The lowest BCUT2D eigenvalue weighted by Crippen LogP contribution is -2.67. The summed E-state index contributed by atoms with van der Waals surface area (Å²) >= 11 is 0. The van der Waals surface area contributed by atoms with Crippen molar-refractivity contribution < 1.29 is 23.1 Å². The van der Waals surface area contributed by atoms with Gasteiger partial charge in [-0.25, -0.2) is 8.42 Å². The molecule has 7 nitrogen and oxygen atoms in total. The van der Waals surface area contributed by atoms with Crippen LogP contribution in [-0.2, 0) is 19.4 Å². The van der Waals surface area contributed by atoms with Crippen molar-refractivity contribution in [1.82, 2.24) is 10.6 Å². The number of carbonyl (C=O) groups excluding carboxylic acids is 1. The van der Waals surface area contributed by atoms with Crippen LogP contribution in [0.1, 0.15) is 118 Å². The lowest BCUT2D eigenvalue weighted by atomic mass is 9.34. The third-order valence-electron chi connectivity index (χ3n) is 17.2. The van der Waals surface area contributed by atoms with Crippen LogP contribution in [0.4, 0.5) is 0 Å². The Morgan fingerprint density at radius 3 is 2.46 bits per heavy atom. The van der Waals surface area contributed by atoms with Gasteiger partial charge in [0.15, 0.2) is 9.84 Å². The number of sulfone groups is 1. The van der Waals surface area contributed by atoms with Gasteiger partial charge in [-0.1, -0.05) is 46.3 Å². The molecule has 1 saturated heterocycles. The molecule has 12 unspecified atom stereocenters. The number of carboxylic acid groups (broad SMARTS) is 1. The number of aliphatic carboxylic acids is 1. The number of amides is 1.